The van der Waals surface area contributed by atoms with Gasteiger partial charge in [0, 0.05) is 18.7 Å². The Bertz CT molecular complexity index is 514. The minimum atomic E-state index is 0.413. The molecule has 0 spiro atoms. The fourth-order valence-electron chi connectivity index (χ4n) is 1.79. The van der Waals surface area contributed by atoms with E-state index in [0.717, 1.165) is 16.7 Å². The van der Waals surface area contributed by atoms with Crippen LogP contribution in [0.25, 0.3) is 0 Å². The molecule has 0 amide bonds. The van der Waals surface area contributed by atoms with Crippen LogP contribution in [0.1, 0.15) is 36.7 Å². The van der Waals surface area contributed by atoms with Gasteiger partial charge < -0.3 is 4.57 Å². The lowest BCUT2D eigenvalue weighted by Crippen LogP contribution is -2.00. The number of rotatable bonds is 4. The first-order valence-electron chi connectivity index (χ1n) is 6.15. The fraction of sp³-hybridized carbons (Fsp3) is 0.429. The molecule has 0 saturated heterocycles. The monoisotopic (exact) mass is 261 g/mol. The average molecular weight is 261 g/mol. The minimum absolute atomic E-state index is 0.413. The Morgan fingerprint density at radius 1 is 1.17 bits per heavy atom. The van der Waals surface area contributed by atoms with Gasteiger partial charge in [0.05, 0.1) is 0 Å². The maximum absolute atomic E-state index is 4.25. The molecule has 4 heteroatoms. The van der Waals surface area contributed by atoms with Crippen LogP contribution in [0.15, 0.2) is 29.4 Å². The third kappa shape index (κ3) is 2.93. The van der Waals surface area contributed by atoms with Crippen molar-refractivity contribution in [3.05, 3.63) is 41.2 Å². The van der Waals surface area contributed by atoms with E-state index < -0.39 is 0 Å². The molecular formula is C14H19N3S. The molecule has 0 aliphatic heterocycles. The number of benzene rings is 1. The summed E-state index contributed by atoms with van der Waals surface area (Å²) in [5, 5.41) is 9.46. The van der Waals surface area contributed by atoms with Gasteiger partial charge in [0.1, 0.15) is 5.82 Å². The Labute approximate surface area is 113 Å². The Hall–Kier alpha value is -1.29. The average Bonchev–Trinajstić information content (AvgIpc) is 2.70. The lowest BCUT2D eigenvalue weighted by molar-refractivity contribution is 0.680. The number of aromatic nitrogens is 3. The fourth-order valence-corrected chi connectivity index (χ4v) is 2.66. The van der Waals surface area contributed by atoms with Gasteiger partial charge in [-0.3, -0.25) is 0 Å². The van der Waals surface area contributed by atoms with Crippen molar-refractivity contribution in [2.75, 3.05) is 0 Å². The zero-order valence-corrected chi connectivity index (χ0v) is 12.2. The zero-order chi connectivity index (χ0) is 13.1. The Morgan fingerprint density at radius 2 is 1.83 bits per heavy atom. The van der Waals surface area contributed by atoms with Gasteiger partial charge in [-0.2, -0.15) is 0 Å². The summed E-state index contributed by atoms with van der Waals surface area (Å²) in [6.07, 6.45) is 0. The van der Waals surface area contributed by atoms with Crippen LogP contribution in [-0.2, 0) is 12.8 Å². The van der Waals surface area contributed by atoms with Crippen molar-refractivity contribution in [2.45, 2.75) is 37.6 Å². The first-order chi connectivity index (χ1) is 8.58. The van der Waals surface area contributed by atoms with Crippen LogP contribution in [0.5, 0.6) is 0 Å². The highest BCUT2D eigenvalue weighted by Gasteiger charge is 2.11. The Morgan fingerprint density at radius 3 is 2.39 bits per heavy atom. The third-order valence-electron chi connectivity index (χ3n) is 2.87. The van der Waals surface area contributed by atoms with Crippen LogP contribution >= 0.6 is 11.8 Å². The van der Waals surface area contributed by atoms with Gasteiger partial charge >= 0.3 is 0 Å². The standard InChI is InChI=1S/C14H19N3S/c1-10(2)13-15-16-14(17(13)4)18-9-12-7-5-11(3)6-8-12/h5-8,10H,9H2,1-4H3. The van der Waals surface area contributed by atoms with E-state index >= 15 is 0 Å². The van der Waals surface area contributed by atoms with Crippen LogP contribution < -0.4 is 0 Å². The van der Waals surface area contributed by atoms with E-state index in [2.05, 4.69) is 59.8 Å². The summed E-state index contributed by atoms with van der Waals surface area (Å²) < 4.78 is 2.09. The second-order valence-corrected chi connectivity index (χ2v) is 5.77. The second-order valence-electron chi connectivity index (χ2n) is 4.83. The van der Waals surface area contributed by atoms with Gasteiger partial charge in [0.25, 0.3) is 0 Å². The molecule has 1 heterocycles. The van der Waals surface area contributed by atoms with Gasteiger partial charge in [-0.25, -0.2) is 0 Å². The highest BCUT2D eigenvalue weighted by atomic mass is 32.2. The molecule has 0 fully saturated rings. The third-order valence-corrected chi connectivity index (χ3v) is 3.96. The molecule has 96 valence electrons. The van der Waals surface area contributed by atoms with Gasteiger partial charge in [0.2, 0.25) is 0 Å². The van der Waals surface area contributed by atoms with E-state index in [0.29, 0.717) is 5.92 Å². The predicted octanol–water partition coefficient (Wildman–Crippen LogP) is 3.54. The molecule has 0 unspecified atom stereocenters. The number of thioether (sulfide) groups is 1. The highest BCUT2D eigenvalue weighted by Crippen LogP contribution is 2.23. The van der Waals surface area contributed by atoms with Gasteiger partial charge in [-0.1, -0.05) is 55.4 Å². The number of hydrogen-bond donors (Lipinski definition) is 0. The summed E-state index contributed by atoms with van der Waals surface area (Å²) in [5.41, 5.74) is 2.61. The molecule has 1 aromatic carbocycles. The molecule has 0 radical (unpaired) electrons. The molecule has 3 nitrogen and oxygen atoms in total. The SMILES string of the molecule is Cc1ccc(CSc2nnc(C(C)C)n2C)cc1. The smallest absolute Gasteiger partial charge is 0.191 e. The van der Waals surface area contributed by atoms with E-state index in [1.807, 2.05) is 7.05 Å². The van der Waals surface area contributed by atoms with Gasteiger partial charge in [-0.05, 0) is 12.5 Å². The molecular weight excluding hydrogens is 242 g/mol. The summed E-state index contributed by atoms with van der Waals surface area (Å²) >= 11 is 1.73. The van der Waals surface area contributed by atoms with Crippen molar-refractivity contribution in [3.8, 4) is 0 Å². The van der Waals surface area contributed by atoms with Crippen LogP contribution in [0.2, 0.25) is 0 Å². The van der Waals surface area contributed by atoms with Gasteiger partial charge in [-0.15, -0.1) is 10.2 Å². The molecule has 1 aromatic heterocycles. The molecule has 0 saturated carbocycles. The van der Waals surface area contributed by atoms with E-state index in [9.17, 15) is 0 Å². The quantitative estimate of drug-likeness (QED) is 0.789. The topological polar surface area (TPSA) is 30.7 Å². The molecule has 2 aromatic rings. The van der Waals surface area contributed by atoms with Crippen LogP contribution in [0.4, 0.5) is 0 Å². The van der Waals surface area contributed by atoms with Crippen molar-refractivity contribution in [1.82, 2.24) is 14.8 Å². The molecule has 0 N–H and O–H groups in total. The lowest BCUT2D eigenvalue weighted by Gasteiger charge is -2.06. The van der Waals surface area contributed by atoms with E-state index in [1.165, 1.54) is 11.1 Å². The minimum Gasteiger partial charge on any atom is -0.309 e. The van der Waals surface area contributed by atoms with Crippen molar-refractivity contribution >= 4 is 11.8 Å². The molecule has 2 rings (SSSR count). The van der Waals surface area contributed by atoms with Crippen molar-refractivity contribution in [1.29, 1.82) is 0 Å². The molecule has 0 aliphatic carbocycles. The van der Waals surface area contributed by atoms with Crippen molar-refractivity contribution in [2.24, 2.45) is 7.05 Å². The maximum atomic E-state index is 4.25. The highest BCUT2D eigenvalue weighted by molar-refractivity contribution is 7.98. The predicted molar refractivity (Wildman–Crippen MR) is 75.8 cm³/mol. The van der Waals surface area contributed by atoms with Crippen LogP contribution in [-0.4, -0.2) is 14.8 Å². The van der Waals surface area contributed by atoms with Crippen molar-refractivity contribution < 1.29 is 0 Å². The molecule has 0 atom stereocenters. The van der Waals surface area contributed by atoms with Crippen LogP contribution in [0, 0.1) is 6.92 Å². The number of aryl methyl sites for hydroxylation is 1. The largest absolute Gasteiger partial charge is 0.309 e. The molecule has 18 heavy (non-hydrogen) atoms. The van der Waals surface area contributed by atoms with E-state index in [1.54, 1.807) is 11.8 Å². The number of nitrogens with zero attached hydrogens (tertiary/aromatic N) is 3. The maximum Gasteiger partial charge on any atom is 0.191 e. The summed E-state index contributed by atoms with van der Waals surface area (Å²) in [5.74, 6) is 2.39. The summed E-state index contributed by atoms with van der Waals surface area (Å²) in [6.45, 7) is 6.38. The molecule has 0 aliphatic rings. The zero-order valence-electron chi connectivity index (χ0n) is 11.3. The van der Waals surface area contributed by atoms with E-state index in [4.69, 9.17) is 0 Å². The van der Waals surface area contributed by atoms with Crippen LogP contribution in [0.3, 0.4) is 0 Å². The van der Waals surface area contributed by atoms with E-state index in [-0.39, 0.29) is 0 Å². The summed E-state index contributed by atoms with van der Waals surface area (Å²) in [6, 6.07) is 8.63. The number of hydrogen-bond acceptors (Lipinski definition) is 3. The lowest BCUT2D eigenvalue weighted by atomic mass is 10.2. The second kappa shape index (κ2) is 5.57. The summed E-state index contributed by atoms with van der Waals surface area (Å²) in [4.78, 5) is 0. The van der Waals surface area contributed by atoms with Crippen molar-refractivity contribution in [3.63, 3.8) is 0 Å². The summed E-state index contributed by atoms with van der Waals surface area (Å²) in [7, 11) is 2.03. The molecule has 0 bridgehead atoms. The normalized spacial score (nSPS) is 11.2. The Kier molecular flexibility index (Phi) is 4.07. The van der Waals surface area contributed by atoms with Gasteiger partial charge in [0.15, 0.2) is 5.16 Å². The first kappa shape index (κ1) is 13.1. The Balaban J connectivity index is 2.04. The first-order valence-corrected chi connectivity index (χ1v) is 7.14.